The first kappa shape index (κ1) is 86.5. The number of carbonyl (C=O) groups is 3. The summed E-state index contributed by atoms with van der Waals surface area (Å²) in [5, 5.41) is 39.2. The van der Waals surface area contributed by atoms with Crippen LogP contribution in [-0.4, -0.2) is 64.7 Å². The first-order valence-electron chi connectivity index (χ1n) is 26.7. The number of pyridine rings is 2. The van der Waals surface area contributed by atoms with E-state index >= 15 is 0 Å². The van der Waals surface area contributed by atoms with Gasteiger partial charge in [-0.25, -0.2) is 24.3 Å². The number of carbonyl (C=O) groups excluding carboxylic acids is 3. The monoisotopic (exact) mass is 1650 g/mol. The van der Waals surface area contributed by atoms with Crippen LogP contribution in [0.25, 0.3) is 44.2 Å². The minimum atomic E-state index is -0.893. The molecule has 6 N–H and O–H groups in total. The van der Waals surface area contributed by atoms with E-state index in [1.807, 2.05) is 118 Å². The van der Waals surface area contributed by atoms with Crippen LogP contribution in [0.4, 0.5) is 11.6 Å². The number of benzene rings is 4. The molecule has 0 aliphatic carbocycles. The number of aromatic nitrogens is 8. The Kier molecular flexibility index (Phi) is 42.2. The maximum absolute atomic E-state index is 13.8. The maximum atomic E-state index is 13.8. The molecule has 10 aromatic rings. The van der Waals surface area contributed by atoms with Crippen molar-refractivity contribution >= 4 is 101 Å². The van der Waals surface area contributed by atoms with Gasteiger partial charge in [-0.1, -0.05) is 112 Å². The van der Waals surface area contributed by atoms with E-state index in [9.17, 15) is 19.2 Å². The van der Waals surface area contributed by atoms with Gasteiger partial charge < -0.3 is 41.1 Å². The van der Waals surface area contributed by atoms with Crippen LogP contribution in [0.5, 0.6) is 0 Å². The van der Waals surface area contributed by atoms with E-state index in [2.05, 4.69) is 79.7 Å². The van der Waals surface area contributed by atoms with E-state index < -0.39 is 32.0 Å². The zero-order valence-electron chi connectivity index (χ0n) is 53.9. The summed E-state index contributed by atoms with van der Waals surface area (Å²) >= 11 is 6.26. The molecule has 6 heterocycles. The number of nitrogens with zero attached hydrogens (tertiary/aromatic N) is 10. The van der Waals surface area contributed by atoms with Gasteiger partial charge in [0.1, 0.15) is 11.1 Å². The molecule has 474 valence electrons. The van der Waals surface area contributed by atoms with Gasteiger partial charge in [-0.2, -0.15) is 5.26 Å². The molecule has 92 heavy (non-hydrogen) atoms. The van der Waals surface area contributed by atoms with Gasteiger partial charge in [0.15, 0.2) is 22.9 Å². The van der Waals surface area contributed by atoms with E-state index in [0.717, 1.165) is 11.4 Å². The Bertz CT molecular complexity index is 4330. The maximum Gasteiger partial charge on any atom is 1.00 e. The van der Waals surface area contributed by atoms with Crippen LogP contribution >= 0.6 is 30.7 Å². The number of hydrogen-bond donors (Lipinski definition) is 4. The zero-order chi connectivity index (χ0) is 66.4. The minimum Gasteiger partial charge on any atom is -1.00 e. The minimum absolute atomic E-state index is 0. The molecule has 21 nitrogen and oxygen atoms in total. The molecular weight excluding hydrogens is 1580 g/mol. The molecule has 6 aromatic heterocycles. The molecule has 0 radical (unpaired) electrons. The Morgan fingerprint density at radius 1 is 0.739 bits per heavy atom. The number of nitrogen functional groups attached to an aromatic ring is 2. The van der Waals surface area contributed by atoms with Crippen LogP contribution in [0.3, 0.4) is 0 Å². The predicted molar refractivity (Wildman–Crippen MR) is 356 cm³/mol. The first-order chi connectivity index (χ1) is 42.7. The van der Waals surface area contributed by atoms with Crippen molar-refractivity contribution in [2.24, 2.45) is 0 Å². The van der Waals surface area contributed by atoms with Crippen LogP contribution in [-0.2, 0) is 25.6 Å². The van der Waals surface area contributed by atoms with Crippen molar-refractivity contribution in [3.8, 4) is 48.2 Å². The summed E-state index contributed by atoms with van der Waals surface area (Å²) in [6, 6.07) is 38.2. The number of para-hydroxylation sites is 2. The summed E-state index contributed by atoms with van der Waals surface area (Å²) in [6.07, 6.45) is 11.6. The summed E-state index contributed by atoms with van der Waals surface area (Å²) in [7, 11) is 8.73. The molecule has 4 aromatic carbocycles. The number of nitriles is 2. The molecule has 28 heteroatoms. The molecular formula is C64H68Cl3Cs2N14O7PdSi-. The normalized spacial score (nSPS) is 10.3. The van der Waals surface area contributed by atoms with E-state index in [0.29, 0.717) is 60.8 Å². The summed E-state index contributed by atoms with van der Waals surface area (Å²) in [4.78, 5) is 73.5. The van der Waals surface area contributed by atoms with E-state index in [1.54, 1.807) is 78.1 Å². The number of rotatable bonds is 10. The fourth-order valence-electron chi connectivity index (χ4n) is 8.52. The molecule has 0 fully saturated rings. The van der Waals surface area contributed by atoms with E-state index in [4.69, 9.17) is 69.1 Å². The van der Waals surface area contributed by atoms with Crippen molar-refractivity contribution in [2.75, 3.05) is 11.5 Å². The van der Waals surface area contributed by atoms with Gasteiger partial charge >= 0.3 is 173 Å². The van der Waals surface area contributed by atoms with Gasteiger partial charge in [-0.15, -0.1) is 28.5 Å². The zero-order valence-corrected chi connectivity index (χ0v) is 70.3. The van der Waals surface area contributed by atoms with Crippen LogP contribution in [0.2, 0.25) is 30.7 Å². The SMILES string of the molecule is C#CC[Si](C)(C)C.C#N.CC.CC#Cc1cccc2cc([C@H](C)NC(=O)c3c(N)nn4cccnc34)n(-c3ccccc3)c(=O)c12.CC#N.C[C@H](NC(=O)c1c(N)nn2cccnc12)c1cc2cccc(Cl)c2c(=O)n1-c1ccccc1.O=CO[O-].[CH3-].[Cl][Pd][Cl].[Cs+].[Cs+].[H-]. The van der Waals surface area contributed by atoms with Gasteiger partial charge in [-0.05, 0) is 92.2 Å². The molecule has 10 rings (SSSR count). The van der Waals surface area contributed by atoms with Crippen molar-refractivity contribution in [3.63, 3.8) is 0 Å². The summed E-state index contributed by atoms with van der Waals surface area (Å²) < 4.78 is 6.09. The first-order valence-corrected chi connectivity index (χ1v) is 34.7. The molecule has 2 atom stereocenters. The topological polar surface area (TPSA) is 312 Å². The Labute approximate surface area is 676 Å². The summed E-state index contributed by atoms with van der Waals surface area (Å²) in [5.41, 5.74) is 15.9. The van der Waals surface area contributed by atoms with Crippen molar-refractivity contribution in [1.29, 1.82) is 10.5 Å². The summed E-state index contributed by atoms with van der Waals surface area (Å²) in [6.45, 7) is 20.9. The van der Waals surface area contributed by atoms with Gasteiger partial charge in [0.25, 0.3) is 29.4 Å². The molecule has 0 saturated carbocycles. The quantitative estimate of drug-likeness (QED) is 0.0338. The van der Waals surface area contributed by atoms with Gasteiger partial charge in [0.2, 0.25) is 0 Å². The van der Waals surface area contributed by atoms with E-state index in [1.165, 1.54) is 16.0 Å². The van der Waals surface area contributed by atoms with Crippen molar-refractivity contribution in [3.05, 3.63) is 207 Å². The second kappa shape index (κ2) is 45.0. The largest absolute Gasteiger partial charge is 1.00 e. The average molecular weight is 1650 g/mol. The fourth-order valence-corrected chi connectivity index (χ4v) is 9.39. The average Bonchev–Trinajstić information content (AvgIpc) is 1.66. The third kappa shape index (κ3) is 24.0. The van der Waals surface area contributed by atoms with Crippen LogP contribution in [0.15, 0.2) is 156 Å². The number of anilines is 2. The van der Waals surface area contributed by atoms with Crippen LogP contribution < -0.4 is 176 Å². The molecule has 0 aliphatic heterocycles. The second-order valence-corrected chi connectivity index (χ2v) is 27.3. The fraction of sp³-hybridized carbons (Fsp3) is 0.188. The number of fused-ring (bicyclic) bond motifs is 4. The number of terminal acetylenes is 1. The number of halogens is 3. The van der Waals surface area contributed by atoms with Crippen LogP contribution in [0, 0.1) is 54.8 Å². The van der Waals surface area contributed by atoms with Crippen molar-refractivity contribution < 1.29 is 180 Å². The number of hydrogen-bond acceptors (Lipinski definition) is 15. The van der Waals surface area contributed by atoms with Gasteiger partial charge in [0, 0.05) is 72.7 Å². The van der Waals surface area contributed by atoms with E-state index in [-0.39, 0.29) is 203 Å². The molecule has 0 saturated heterocycles. The third-order valence-corrected chi connectivity index (χ3v) is 13.5. The Balaban J connectivity index is 0. The molecule has 0 unspecified atom stereocenters. The van der Waals surface area contributed by atoms with Crippen LogP contribution in [0.1, 0.15) is 92.7 Å². The van der Waals surface area contributed by atoms with Crippen molar-refractivity contribution in [1.82, 2.24) is 49.0 Å². The molecule has 2 amide bonds. The Morgan fingerprint density at radius 2 is 1.12 bits per heavy atom. The molecule has 0 bridgehead atoms. The molecule has 0 spiro atoms. The van der Waals surface area contributed by atoms with Crippen molar-refractivity contribution in [2.45, 2.75) is 79.3 Å². The summed E-state index contributed by atoms with van der Waals surface area (Å²) in [5.74, 6) is 7.86. The number of nitrogens with one attached hydrogen (secondary N) is 2. The Hall–Kier alpha value is -5.54. The number of amides is 2. The Morgan fingerprint density at radius 3 is 1.48 bits per heavy atom. The smallest absolute Gasteiger partial charge is 1.00 e. The predicted octanol–water partition coefficient (Wildman–Crippen LogP) is 5.27. The third-order valence-electron chi connectivity index (χ3n) is 11.9. The second-order valence-electron chi connectivity index (χ2n) is 19.0. The molecule has 0 aliphatic rings. The standard InChI is InChI=1S/C27H22N6O2.C24H19ClN6O2.C6H12Si.C2H3N.C2H6.CHN.CH2O3.CH3.2ClH.2Cs.Pd.H/c1-3-9-18-10-7-11-19-16-21(33(27(35)22(18)19)20-12-5-4-6-13-20)17(2)30-26(34)23-24(28)31-32-15-8-14-29-25(23)32;1-14(28-23(32)20-21(26)29-30-12-6-11-27-22(20)30)18-13-15-7-5-10-17(25)19(15)24(33)31(18)16-8-3-2-4-9-16;1-5-6-7(2,3)4;1-2-3;2*1-2;2-1-4-3;;;;;;;/h4-8,10-17H,1-2H3,(H2,28,31)(H,30,34);2-14H,1H3,(H2,26,29)(H,28,32);1H,6H2,2-4H3;1H3;1-2H3;1H;1,3H;1H3;2*1H;;;;/q;;;;;;;-1;;;2*+1;+2;-1/p-3/t17-;14-;;;;;;;;;;;;/m00............/s1. The van der Waals surface area contributed by atoms with Gasteiger partial charge in [-0.3, -0.25) is 33.1 Å². The number of nitrogens with two attached hydrogens (primary N) is 2. The van der Waals surface area contributed by atoms with Gasteiger partial charge in [0.05, 0.1) is 42.0 Å².